The average Bonchev–Trinajstić information content (AvgIpc) is 2.79. The van der Waals surface area contributed by atoms with E-state index in [4.69, 9.17) is 16.3 Å². The summed E-state index contributed by atoms with van der Waals surface area (Å²) in [6, 6.07) is 5.54. The number of amides is 2. The number of carbonyl (C=O) groups excluding carboxylic acids is 2. The fourth-order valence-electron chi connectivity index (χ4n) is 2.05. The van der Waals surface area contributed by atoms with E-state index < -0.39 is 6.09 Å². The standard InChI is InChI=1S/C12H11ClN2O3S/c13-4-8-5-15(12(17)18-8)7-1-2-10-9(3-7)14-11(16)6-19-10/h1-3,8H,4-6H2,(H,14,16)/t8-/m1/s1. The van der Waals surface area contributed by atoms with Crippen molar-refractivity contribution >= 4 is 46.7 Å². The van der Waals surface area contributed by atoms with Crippen molar-refractivity contribution in [3.8, 4) is 0 Å². The highest BCUT2D eigenvalue weighted by molar-refractivity contribution is 8.00. The molecule has 0 radical (unpaired) electrons. The van der Waals surface area contributed by atoms with Crippen LogP contribution in [-0.2, 0) is 9.53 Å². The molecule has 1 aromatic rings. The molecular weight excluding hydrogens is 288 g/mol. The summed E-state index contributed by atoms with van der Waals surface area (Å²) in [7, 11) is 0. The Bertz CT molecular complexity index is 552. The number of anilines is 2. The second-order valence-corrected chi connectivity index (χ2v) is 5.61. The minimum atomic E-state index is -0.402. The van der Waals surface area contributed by atoms with E-state index >= 15 is 0 Å². The number of alkyl halides is 1. The molecule has 0 saturated carbocycles. The molecule has 1 N–H and O–H groups in total. The molecule has 1 saturated heterocycles. The van der Waals surface area contributed by atoms with Crippen molar-refractivity contribution in [2.45, 2.75) is 11.0 Å². The average molecular weight is 299 g/mol. The zero-order chi connectivity index (χ0) is 13.4. The number of nitrogens with zero attached hydrogens (tertiary/aromatic N) is 1. The van der Waals surface area contributed by atoms with Gasteiger partial charge in [0.25, 0.3) is 0 Å². The Morgan fingerprint density at radius 1 is 1.47 bits per heavy atom. The van der Waals surface area contributed by atoms with Crippen LogP contribution in [-0.4, -0.2) is 36.3 Å². The summed E-state index contributed by atoms with van der Waals surface area (Å²) in [4.78, 5) is 25.6. The molecular formula is C12H11ClN2O3S. The van der Waals surface area contributed by atoms with Gasteiger partial charge in [0.2, 0.25) is 5.91 Å². The summed E-state index contributed by atoms with van der Waals surface area (Å²) < 4.78 is 5.11. The maximum Gasteiger partial charge on any atom is 0.414 e. The number of rotatable bonds is 2. The van der Waals surface area contributed by atoms with Crippen LogP contribution in [0.25, 0.3) is 0 Å². The SMILES string of the molecule is O=C1CSc2ccc(N3C[C@@H](CCl)OC3=O)cc2N1. The van der Waals surface area contributed by atoms with Crippen molar-refractivity contribution < 1.29 is 14.3 Å². The Balaban J connectivity index is 1.88. The molecule has 0 spiro atoms. The first-order valence-corrected chi connectivity index (χ1v) is 7.30. The van der Waals surface area contributed by atoms with Gasteiger partial charge in [0, 0.05) is 10.6 Å². The van der Waals surface area contributed by atoms with E-state index in [0.29, 0.717) is 18.0 Å². The maximum atomic E-state index is 11.7. The number of halogens is 1. The van der Waals surface area contributed by atoms with Gasteiger partial charge in [0.1, 0.15) is 6.10 Å². The summed E-state index contributed by atoms with van der Waals surface area (Å²) in [6.45, 7) is 0.433. The molecule has 0 aliphatic carbocycles. The second-order valence-electron chi connectivity index (χ2n) is 4.29. The van der Waals surface area contributed by atoms with Gasteiger partial charge in [-0.15, -0.1) is 23.4 Å². The highest BCUT2D eigenvalue weighted by Crippen LogP contribution is 2.35. The molecule has 7 heteroatoms. The van der Waals surface area contributed by atoms with Crippen LogP contribution in [0.4, 0.5) is 16.2 Å². The fraction of sp³-hybridized carbons (Fsp3) is 0.333. The molecule has 0 unspecified atom stereocenters. The van der Waals surface area contributed by atoms with Gasteiger partial charge in [0.15, 0.2) is 0 Å². The van der Waals surface area contributed by atoms with Gasteiger partial charge in [-0.3, -0.25) is 9.69 Å². The van der Waals surface area contributed by atoms with Crippen molar-refractivity contribution in [3.63, 3.8) is 0 Å². The molecule has 1 fully saturated rings. The van der Waals surface area contributed by atoms with Crippen LogP contribution in [0.3, 0.4) is 0 Å². The number of cyclic esters (lactones) is 1. The molecule has 0 bridgehead atoms. The smallest absolute Gasteiger partial charge is 0.414 e. The molecule has 1 atom stereocenters. The monoisotopic (exact) mass is 298 g/mol. The first-order valence-electron chi connectivity index (χ1n) is 5.78. The minimum Gasteiger partial charge on any atom is -0.443 e. The highest BCUT2D eigenvalue weighted by Gasteiger charge is 2.32. The molecule has 2 amide bonds. The third-order valence-electron chi connectivity index (χ3n) is 2.95. The minimum absolute atomic E-state index is 0.0303. The second kappa shape index (κ2) is 4.94. The first-order chi connectivity index (χ1) is 9.17. The first kappa shape index (κ1) is 12.6. The number of hydrogen-bond acceptors (Lipinski definition) is 4. The van der Waals surface area contributed by atoms with E-state index in [1.807, 2.05) is 12.1 Å². The van der Waals surface area contributed by atoms with E-state index in [2.05, 4.69) is 5.32 Å². The van der Waals surface area contributed by atoms with Gasteiger partial charge in [-0.25, -0.2) is 4.79 Å². The number of fused-ring (bicyclic) bond motifs is 1. The van der Waals surface area contributed by atoms with Crippen molar-refractivity contribution in [2.24, 2.45) is 0 Å². The van der Waals surface area contributed by atoms with Crippen molar-refractivity contribution in [3.05, 3.63) is 18.2 Å². The molecule has 100 valence electrons. The lowest BCUT2D eigenvalue weighted by atomic mass is 10.2. The molecule has 5 nitrogen and oxygen atoms in total. The van der Waals surface area contributed by atoms with Crippen LogP contribution in [0.15, 0.2) is 23.1 Å². The van der Waals surface area contributed by atoms with E-state index in [-0.39, 0.29) is 17.9 Å². The van der Waals surface area contributed by atoms with E-state index in [1.54, 1.807) is 6.07 Å². The zero-order valence-electron chi connectivity index (χ0n) is 9.89. The number of benzene rings is 1. The topological polar surface area (TPSA) is 58.6 Å². The Hall–Kier alpha value is -1.40. The van der Waals surface area contributed by atoms with E-state index in [9.17, 15) is 9.59 Å². The van der Waals surface area contributed by atoms with Crippen LogP contribution in [0.5, 0.6) is 0 Å². The van der Waals surface area contributed by atoms with Gasteiger partial charge in [-0.2, -0.15) is 0 Å². The predicted molar refractivity (Wildman–Crippen MR) is 74.1 cm³/mol. The summed E-state index contributed by atoms with van der Waals surface area (Å²) in [6.07, 6.45) is -0.686. The summed E-state index contributed by atoms with van der Waals surface area (Å²) in [5.74, 6) is 0.670. The van der Waals surface area contributed by atoms with Gasteiger partial charge < -0.3 is 10.1 Å². The maximum absolute atomic E-state index is 11.7. The van der Waals surface area contributed by atoms with Crippen molar-refractivity contribution in [1.82, 2.24) is 0 Å². The normalized spacial score (nSPS) is 21.9. The lowest BCUT2D eigenvalue weighted by molar-refractivity contribution is -0.113. The van der Waals surface area contributed by atoms with Gasteiger partial charge in [-0.1, -0.05) is 0 Å². The third-order valence-corrected chi connectivity index (χ3v) is 4.37. The Morgan fingerprint density at radius 3 is 3.05 bits per heavy atom. The lowest BCUT2D eigenvalue weighted by Gasteiger charge is -2.19. The quantitative estimate of drug-likeness (QED) is 0.851. The van der Waals surface area contributed by atoms with Crippen molar-refractivity contribution in [2.75, 3.05) is 28.4 Å². The number of hydrogen-bond donors (Lipinski definition) is 1. The van der Waals surface area contributed by atoms with Gasteiger partial charge >= 0.3 is 6.09 Å². The molecule has 2 aliphatic rings. The van der Waals surface area contributed by atoms with Crippen LogP contribution in [0.1, 0.15) is 0 Å². The summed E-state index contributed by atoms with van der Waals surface area (Å²) in [5.41, 5.74) is 1.44. The predicted octanol–water partition coefficient (Wildman–Crippen LogP) is 2.29. The third kappa shape index (κ3) is 2.37. The fourth-order valence-corrected chi connectivity index (χ4v) is 3.00. The zero-order valence-corrected chi connectivity index (χ0v) is 11.5. The van der Waals surface area contributed by atoms with E-state index in [1.165, 1.54) is 16.7 Å². The van der Waals surface area contributed by atoms with Gasteiger partial charge in [0.05, 0.1) is 23.9 Å². The number of carbonyl (C=O) groups is 2. The largest absolute Gasteiger partial charge is 0.443 e. The highest BCUT2D eigenvalue weighted by atomic mass is 35.5. The van der Waals surface area contributed by atoms with Crippen LogP contribution in [0.2, 0.25) is 0 Å². The molecule has 2 heterocycles. The summed E-state index contributed by atoms with van der Waals surface area (Å²) in [5, 5.41) is 2.80. The number of thioether (sulfide) groups is 1. The van der Waals surface area contributed by atoms with Gasteiger partial charge in [-0.05, 0) is 18.2 Å². The Kier molecular flexibility index (Phi) is 3.28. The molecule has 0 aromatic heterocycles. The van der Waals surface area contributed by atoms with Crippen LogP contribution < -0.4 is 10.2 Å². The lowest BCUT2D eigenvalue weighted by Crippen LogP contribution is -2.25. The molecule has 19 heavy (non-hydrogen) atoms. The van der Waals surface area contributed by atoms with Crippen LogP contribution in [0, 0.1) is 0 Å². The van der Waals surface area contributed by atoms with E-state index in [0.717, 1.165) is 10.6 Å². The summed E-state index contributed by atoms with van der Waals surface area (Å²) >= 11 is 7.18. The van der Waals surface area contributed by atoms with Crippen LogP contribution >= 0.6 is 23.4 Å². The molecule has 3 rings (SSSR count). The number of nitrogens with one attached hydrogen (secondary N) is 1. The van der Waals surface area contributed by atoms with Crippen molar-refractivity contribution in [1.29, 1.82) is 0 Å². The molecule has 1 aromatic carbocycles. The Labute approximate surface area is 119 Å². The Morgan fingerprint density at radius 2 is 2.32 bits per heavy atom. The molecule has 2 aliphatic heterocycles. The number of ether oxygens (including phenoxy) is 1.